The molecule has 3 nitrogen and oxygen atoms in total. The molecule has 0 spiro atoms. The van der Waals surface area contributed by atoms with Crippen LogP contribution in [0.5, 0.6) is 5.75 Å². The van der Waals surface area contributed by atoms with E-state index in [4.69, 9.17) is 11.2 Å². The number of nitriles is 1. The van der Waals surface area contributed by atoms with Gasteiger partial charge in [0.05, 0.1) is 0 Å². The Balaban J connectivity index is 2.15. The van der Waals surface area contributed by atoms with E-state index in [9.17, 15) is 10.1 Å². The van der Waals surface area contributed by atoms with Crippen molar-refractivity contribution in [2.24, 2.45) is 0 Å². The zero-order valence-electron chi connectivity index (χ0n) is 14.0. The lowest BCUT2D eigenvalue weighted by Gasteiger charge is -2.11. The number of Topliss-reactive ketones (excluding diaryl/α,β-unsaturated/α-hetero) is 1. The third-order valence-electron chi connectivity index (χ3n) is 3.93. The molecule has 0 bridgehead atoms. The summed E-state index contributed by atoms with van der Waals surface area (Å²) in [4.78, 5) is 12.7. The molecular formula is C23H15NO2. The standard InChI is InChI=1S/C23H15NO2/c1-2-14-26-22-13-12-17-8-6-7-11-20(17)21(22)15-19(16-24)23(25)18-9-4-3-5-10-18/h1,3-13,15H,14H2/b19-15+. The molecule has 124 valence electrons. The monoisotopic (exact) mass is 337 g/mol. The molecule has 0 saturated carbocycles. The van der Waals surface area contributed by atoms with E-state index in [1.165, 1.54) is 0 Å². The molecule has 3 heteroatoms. The molecule has 26 heavy (non-hydrogen) atoms. The van der Waals surface area contributed by atoms with E-state index in [-0.39, 0.29) is 18.0 Å². The highest BCUT2D eigenvalue weighted by Gasteiger charge is 2.14. The number of terminal acetylenes is 1. The van der Waals surface area contributed by atoms with Crippen molar-refractivity contribution in [2.45, 2.75) is 0 Å². The van der Waals surface area contributed by atoms with Crippen LogP contribution >= 0.6 is 0 Å². The molecule has 0 amide bonds. The van der Waals surface area contributed by atoms with Crippen LogP contribution in [0.15, 0.2) is 72.3 Å². The van der Waals surface area contributed by atoms with Crippen molar-refractivity contribution < 1.29 is 9.53 Å². The van der Waals surface area contributed by atoms with Crippen LogP contribution in [0.4, 0.5) is 0 Å². The molecule has 0 heterocycles. The summed E-state index contributed by atoms with van der Waals surface area (Å²) in [5, 5.41) is 11.4. The minimum absolute atomic E-state index is 0.0399. The number of allylic oxidation sites excluding steroid dienone is 1. The molecular weight excluding hydrogens is 322 g/mol. The Kier molecular flexibility index (Phi) is 5.13. The van der Waals surface area contributed by atoms with E-state index >= 15 is 0 Å². The average Bonchev–Trinajstić information content (AvgIpc) is 2.71. The number of hydrogen-bond donors (Lipinski definition) is 0. The molecule has 0 fully saturated rings. The number of carbonyl (C=O) groups excluding carboxylic acids is 1. The van der Waals surface area contributed by atoms with Crippen LogP contribution in [0.1, 0.15) is 15.9 Å². The lowest BCUT2D eigenvalue weighted by molar-refractivity contribution is 0.104. The van der Waals surface area contributed by atoms with E-state index in [2.05, 4.69) is 5.92 Å². The number of ketones is 1. The highest BCUT2D eigenvalue weighted by Crippen LogP contribution is 2.30. The summed E-state index contributed by atoms with van der Waals surface area (Å²) in [6.45, 7) is 0.105. The summed E-state index contributed by atoms with van der Waals surface area (Å²) < 4.78 is 5.62. The van der Waals surface area contributed by atoms with Gasteiger partial charge in [-0.3, -0.25) is 4.79 Å². The van der Waals surface area contributed by atoms with Gasteiger partial charge >= 0.3 is 0 Å². The first-order chi connectivity index (χ1) is 12.7. The number of fused-ring (bicyclic) bond motifs is 1. The van der Waals surface area contributed by atoms with Gasteiger partial charge in [-0.25, -0.2) is 0 Å². The summed E-state index contributed by atoms with van der Waals surface area (Å²) in [6, 6.07) is 22.2. The van der Waals surface area contributed by atoms with Gasteiger partial charge in [-0.2, -0.15) is 5.26 Å². The van der Waals surface area contributed by atoms with Crippen molar-refractivity contribution in [1.29, 1.82) is 5.26 Å². The van der Waals surface area contributed by atoms with Gasteiger partial charge in [-0.1, -0.05) is 66.6 Å². The molecule has 0 aliphatic rings. The summed E-state index contributed by atoms with van der Waals surface area (Å²) in [7, 11) is 0. The van der Waals surface area contributed by atoms with E-state index in [1.807, 2.05) is 42.5 Å². The van der Waals surface area contributed by atoms with Crippen molar-refractivity contribution in [3.63, 3.8) is 0 Å². The summed E-state index contributed by atoms with van der Waals surface area (Å²) in [5.74, 6) is 2.64. The Bertz CT molecular complexity index is 1070. The van der Waals surface area contributed by atoms with Crippen LogP contribution in [0.2, 0.25) is 0 Å². The Hall–Kier alpha value is -3.82. The first kappa shape index (κ1) is 17.0. The Morgan fingerprint density at radius 3 is 2.50 bits per heavy atom. The Labute approximate surface area is 152 Å². The number of rotatable bonds is 5. The predicted octanol–water partition coefficient (Wildman–Crippen LogP) is 4.64. The SMILES string of the molecule is C#CCOc1ccc2ccccc2c1/C=C(\C#N)C(=O)c1ccccc1. The largest absolute Gasteiger partial charge is 0.480 e. The van der Waals surface area contributed by atoms with Crippen molar-refractivity contribution in [3.05, 3.63) is 83.4 Å². The second-order valence-electron chi connectivity index (χ2n) is 5.56. The zero-order chi connectivity index (χ0) is 18.4. The van der Waals surface area contributed by atoms with Crippen molar-refractivity contribution in [1.82, 2.24) is 0 Å². The number of ether oxygens (including phenoxy) is 1. The van der Waals surface area contributed by atoms with E-state index in [0.717, 1.165) is 10.8 Å². The second-order valence-corrected chi connectivity index (χ2v) is 5.56. The molecule has 0 aromatic heterocycles. The van der Waals surface area contributed by atoms with E-state index in [0.29, 0.717) is 16.9 Å². The molecule has 3 aromatic carbocycles. The fourth-order valence-corrected chi connectivity index (χ4v) is 2.71. The number of hydrogen-bond acceptors (Lipinski definition) is 3. The van der Waals surface area contributed by atoms with Crippen molar-refractivity contribution in [3.8, 4) is 24.2 Å². The van der Waals surface area contributed by atoms with Crippen molar-refractivity contribution >= 4 is 22.6 Å². The van der Waals surface area contributed by atoms with Crippen LogP contribution in [-0.2, 0) is 0 Å². The third-order valence-corrected chi connectivity index (χ3v) is 3.93. The average molecular weight is 337 g/mol. The fourth-order valence-electron chi connectivity index (χ4n) is 2.71. The predicted molar refractivity (Wildman–Crippen MR) is 103 cm³/mol. The molecule has 0 saturated heterocycles. The quantitative estimate of drug-likeness (QED) is 0.295. The fraction of sp³-hybridized carbons (Fsp3) is 0.0435. The number of carbonyl (C=O) groups is 1. The number of nitrogens with zero attached hydrogens (tertiary/aromatic N) is 1. The van der Waals surface area contributed by atoms with Gasteiger partial charge in [0.2, 0.25) is 5.78 Å². The van der Waals surface area contributed by atoms with Crippen LogP contribution in [-0.4, -0.2) is 12.4 Å². The first-order valence-electron chi connectivity index (χ1n) is 8.04. The lowest BCUT2D eigenvalue weighted by Crippen LogP contribution is -2.02. The van der Waals surface area contributed by atoms with Gasteiger partial charge in [0.25, 0.3) is 0 Å². The normalized spacial score (nSPS) is 10.8. The maximum atomic E-state index is 12.7. The molecule has 0 unspecified atom stereocenters. The van der Waals surface area contributed by atoms with E-state index in [1.54, 1.807) is 36.4 Å². The summed E-state index contributed by atoms with van der Waals surface area (Å²) >= 11 is 0. The highest BCUT2D eigenvalue weighted by molar-refractivity contribution is 6.15. The van der Waals surface area contributed by atoms with Gasteiger partial charge in [-0.15, -0.1) is 6.42 Å². The van der Waals surface area contributed by atoms with Gasteiger partial charge in [0, 0.05) is 11.1 Å². The minimum atomic E-state index is -0.330. The summed E-state index contributed by atoms with van der Waals surface area (Å²) in [6.07, 6.45) is 6.87. The molecule has 0 aliphatic carbocycles. The molecule has 3 rings (SSSR count). The van der Waals surface area contributed by atoms with Crippen LogP contribution in [0.25, 0.3) is 16.8 Å². The summed E-state index contributed by atoms with van der Waals surface area (Å²) in [5.41, 5.74) is 1.17. The first-order valence-corrected chi connectivity index (χ1v) is 8.04. The van der Waals surface area contributed by atoms with Crippen LogP contribution < -0.4 is 4.74 Å². The second kappa shape index (κ2) is 7.83. The van der Waals surface area contributed by atoms with Gasteiger partial charge in [0.15, 0.2) is 0 Å². The molecule has 0 N–H and O–H groups in total. The molecule has 3 aromatic rings. The topological polar surface area (TPSA) is 50.1 Å². The third kappa shape index (κ3) is 3.48. The Morgan fingerprint density at radius 1 is 1.04 bits per heavy atom. The van der Waals surface area contributed by atoms with Gasteiger partial charge in [0.1, 0.15) is 24.0 Å². The smallest absolute Gasteiger partial charge is 0.203 e. The Morgan fingerprint density at radius 2 is 1.77 bits per heavy atom. The highest BCUT2D eigenvalue weighted by atomic mass is 16.5. The molecule has 0 radical (unpaired) electrons. The van der Waals surface area contributed by atoms with Crippen LogP contribution in [0.3, 0.4) is 0 Å². The zero-order valence-corrected chi connectivity index (χ0v) is 14.0. The maximum absolute atomic E-state index is 12.7. The molecule has 0 aliphatic heterocycles. The lowest BCUT2D eigenvalue weighted by atomic mass is 9.98. The molecule has 0 atom stereocenters. The van der Waals surface area contributed by atoms with Crippen LogP contribution in [0, 0.1) is 23.7 Å². The number of benzene rings is 3. The maximum Gasteiger partial charge on any atom is 0.203 e. The van der Waals surface area contributed by atoms with E-state index < -0.39 is 0 Å². The van der Waals surface area contributed by atoms with Gasteiger partial charge < -0.3 is 4.74 Å². The van der Waals surface area contributed by atoms with Gasteiger partial charge in [-0.05, 0) is 22.9 Å². The van der Waals surface area contributed by atoms with Crippen molar-refractivity contribution in [2.75, 3.05) is 6.61 Å². The minimum Gasteiger partial charge on any atom is -0.480 e.